The molecule has 110 valence electrons. The van der Waals surface area contributed by atoms with E-state index in [0.717, 1.165) is 29.2 Å². The van der Waals surface area contributed by atoms with Gasteiger partial charge >= 0.3 is 0 Å². The molecule has 0 spiro atoms. The summed E-state index contributed by atoms with van der Waals surface area (Å²) in [5.74, 6) is 1.60. The van der Waals surface area contributed by atoms with Gasteiger partial charge in [-0.15, -0.1) is 0 Å². The van der Waals surface area contributed by atoms with E-state index in [1.165, 1.54) is 0 Å². The number of halogens is 2. The molecular formula is C16H15Cl2NO2. The van der Waals surface area contributed by atoms with E-state index in [2.05, 4.69) is 12.2 Å². The molecule has 0 fully saturated rings. The van der Waals surface area contributed by atoms with Crippen molar-refractivity contribution in [2.75, 3.05) is 6.79 Å². The van der Waals surface area contributed by atoms with Crippen molar-refractivity contribution in [2.24, 2.45) is 0 Å². The molecule has 0 amide bonds. The Morgan fingerprint density at radius 3 is 2.71 bits per heavy atom. The number of hydrogen-bond donors (Lipinski definition) is 1. The van der Waals surface area contributed by atoms with Crippen molar-refractivity contribution in [1.29, 1.82) is 0 Å². The molecule has 1 aliphatic heterocycles. The number of nitrogens with one attached hydrogen (secondary N) is 1. The fourth-order valence-corrected chi connectivity index (χ4v) is 2.86. The molecule has 5 heteroatoms. The molecule has 21 heavy (non-hydrogen) atoms. The third-order valence-electron chi connectivity index (χ3n) is 3.48. The van der Waals surface area contributed by atoms with E-state index in [4.69, 9.17) is 32.7 Å². The lowest BCUT2D eigenvalue weighted by molar-refractivity contribution is 0.174. The Hall–Kier alpha value is -1.42. The Balaban J connectivity index is 1.67. The van der Waals surface area contributed by atoms with E-state index in [0.29, 0.717) is 16.8 Å². The van der Waals surface area contributed by atoms with Gasteiger partial charge in [0, 0.05) is 22.6 Å². The highest BCUT2D eigenvalue weighted by Crippen LogP contribution is 2.32. The van der Waals surface area contributed by atoms with Gasteiger partial charge in [-0.3, -0.25) is 0 Å². The van der Waals surface area contributed by atoms with Gasteiger partial charge in [-0.25, -0.2) is 0 Å². The maximum absolute atomic E-state index is 6.22. The Morgan fingerprint density at radius 1 is 1.10 bits per heavy atom. The van der Waals surface area contributed by atoms with Crippen LogP contribution in [0.2, 0.25) is 10.0 Å². The van der Waals surface area contributed by atoms with Crippen molar-refractivity contribution in [3.63, 3.8) is 0 Å². The topological polar surface area (TPSA) is 30.5 Å². The van der Waals surface area contributed by atoms with Crippen molar-refractivity contribution in [1.82, 2.24) is 5.32 Å². The highest BCUT2D eigenvalue weighted by molar-refractivity contribution is 6.35. The third kappa shape index (κ3) is 3.26. The molecule has 3 nitrogen and oxygen atoms in total. The van der Waals surface area contributed by atoms with E-state index in [1.54, 1.807) is 6.07 Å². The van der Waals surface area contributed by atoms with E-state index in [9.17, 15) is 0 Å². The molecule has 1 aliphatic rings. The molecule has 1 heterocycles. The van der Waals surface area contributed by atoms with Crippen LogP contribution >= 0.6 is 23.2 Å². The van der Waals surface area contributed by atoms with Crippen LogP contribution in [-0.4, -0.2) is 6.79 Å². The molecule has 2 aromatic carbocycles. The van der Waals surface area contributed by atoms with Crippen LogP contribution in [0.1, 0.15) is 24.1 Å². The molecule has 2 aromatic rings. The van der Waals surface area contributed by atoms with Gasteiger partial charge in [0.15, 0.2) is 11.5 Å². The number of rotatable bonds is 4. The monoisotopic (exact) mass is 323 g/mol. The van der Waals surface area contributed by atoms with Crippen LogP contribution in [0.4, 0.5) is 0 Å². The average Bonchev–Trinajstić information content (AvgIpc) is 2.92. The second-order valence-corrected chi connectivity index (χ2v) is 5.80. The zero-order valence-corrected chi connectivity index (χ0v) is 13.0. The first-order chi connectivity index (χ1) is 10.1. The number of benzene rings is 2. The molecular weight excluding hydrogens is 309 g/mol. The lowest BCUT2D eigenvalue weighted by Gasteiger charge is -2.16. The SMILES string of the molecule is CC(NCc1ccc2c(c1)OCO2)c1ccc(Cl)cc1Cl. The van der Waals surface area contributed by atoms with Gasteiger partial charge in [-0.1, -0.05) is 35.3 Å². The summed E-state index contributed by atoms with van der Waals surface area (Å²) >= 11 is 12.1. The van der Waals surface area contributed by atoms with Crippen molar-refractivity contribution >= 4 is 23.2 Å². The lowest BCUT2D eigenvalue weighted by Crippen LogP contribution is -2.18. The summed E-state index contributed by atoms with van der Waals surface area (Å²) in [6, 6.07) is 11.6. The molecule has 1 N–H and O–H groups in total. The van der Waals surface area contributed by atoms with E-state index in [1.807, 2.05) is 30.3 Å². The summed E-state index contributed by atoms with van der Waals surface area (Å²) in [5, 5.41) is 4.76. The van der Waals surface area contributed by atoms with Gasteiger partial charge in [0.05, 0.1) is 0 Å². The van der Waals surface area contributed by atoms with Crippen LogP contribution in [0.15, 0.2) is 36.4 Å². The minimum Gasteiger partial charge on any atom is -0.454 e. The largest absolute Gasteiger partial charge is 0.454 e. The first-order valence-corrected chi connectivity index (χ1v) is 7.46. The Kier molecular flexibility index (Phi) is 4.24. The highest BCUT2D eigenvalue weighted by Gasteiger charge is 2.14. The van der Waals surface area contributed by atoms with Crippen LogP contribution < -0.4 is 14.8 Å². The normalized spacial score (nSPS) is 14.2. The smallest absolute Gasteiger partial charge is 0.231 e. The molecule has 0 bridgehead atoms. The Bertz CT molecular complexity index is 661. The van der Waals surface area contributed by atoms with Gasteiger partial charge in [0.1, 0.15) is 0 Å². The second kappa shape index (κ2) is 6.14. The van der Waals surface area contributed by atoms with Crippen LogP contribution in [0.5, 0.6) is 11.5 Å². The fraction of sp³-hybridized carbons (Fsp3) is 0.250. The first kappa shape index (κ1) is 14.5. The molecule has 0 aliphatic carbocycles. The summed E-state index contributed by atoms with van der Waals surface area (Å²) in [6.45, 7) is 3.09. The zero-order chi connectivity index (χ0) is 14.8. The Morgan fingerprint density at radius 2 is 1.90 bits per heavy atom. The summed E-state index contributed by atoms with van der Waals surface area (Å²) in [5.41, 5.74) is 2.16. The number of hydrogen-bond acceptors (Lipinski definition) is 3. The molecule has 0 saturated heterocycles. The number of ether oxygens (including phenoxy) is 2. The predicted octanol–water partition coefficient (Wildman–Crippen LogP) is 4.57. The molecule has 3 rings (SSSR count). The molecule has 1 atom stereocenters. The third-order valence-corrected chi connectivity index (χ3v) is 4.04. The summed E-state index contributed by atoms with van der Waals surface area (Å²) in [7, 11) is 0. The summed E-state index contributed by atoms with van der Waals surface area (Å²) in [4.78, 5) is 0. The van der Waals surface area contributed by atoms with Crippen LogP contribution in [0, 0.1) is 0 Å². The quantitative estimate of drug-likeness (QED) is 0.893. The zero-order valence-electron chi connectivity index (χ0n) is 11.5. The minimum atomic E-state index is 0.125. The highest BCUT2D eigenvalue weighted by atomic mass is 35.5. The molecule has 1 unspecified atom stereocenters. The van der Waals surface area contributed by atoms with Crippen LogP contribution in [0.3, 0.4) is 0 Å². The lowest BCUT2D eigenvalue weighted by atomic mass is 10.1. The van der Waals surface area contributed by atoms with Crippen molar-refractivity contribution in [3.8, 4) is 11.5 Å². The van der Waals surface area contributed by atoms with E-state index in [-0.39, 0.29) is 6.04 Å². The van der Waals surface area contributed by atoms with Gasteiger partial charge in [-0.2, -0.15) is 0 Å². The average molecular weight is 324 g/mol. The molecule has 0 radical (unpaired) electrons. The van der Waals surface area contributed by atoms with Crippen molar-refractivity contribution in [3.05, 3.63) is 57.6 Å². The van der Waals surface area contributed by atoms with Gasteiger partial charge in [0.25, 0.3) is 0 Å². The Labute approximate surface area is 133 Å². The first-order valence-electron chi connectivity index (χ1n) is 6.70. The second-order valence-electron chi connectivity index (χ2n) is 4.96. The van der Waals surface area contributed by atoms with Gasteiger partial charge in [0.2, 0.25) is 6.79 Å². The molecule has 0 aromatic heterocycles. The summed E-state index contributed by atoms with van der Waals surface area (Å²) < 4.78 is 10.7. The van der Waals surface area contributed by atoms with Crippen LogP contribution in [0.25, 0.3) is 0 Å². The maximum Gasteiger partial charge on any atom is 0.231 e. The van der Waals surface area contributed by atoms with E-state index < -0.39 is 0 Å². The number of fused-ring (bicyclic) bond motifs is 1. The standard InChI is InChI=1S/C16H15Cl2NO2/c1-10(13-4-3-12(17)7-14(13)18)19-8-11-2-5-15-16(6-11)21-9-20-15/h2-7,10,19H,8-9H2,1H3. The maximum atomic E-state index is 6.22. The summed E-state index contributed by atoms with van der Waals surface area (Å²) in [6.07, 6.45) is 0. The van der Waals surface area contributed by atoms with Gasteiger partial charge in [-0.05, 0) is 42.3 Å². The predicted molar refractivity (Wildman–Crippen MR) is 84.3 cm³/mol. The van der Waals surface area contributed by atoms with E-state index >= 15 is 0 Å². The van der Waals surface area contributed by atoms with Crippen molar-refractivity contribution in [2.45, 2.75) is 19.5 Å². The van der Waals surface area contributed by atoms with Gasteiger partial charge < -0.3 is 14.8 Å². The molecule has 0 saturated carbocycles. The minimum absolute atomic E-state index is 0.125. The fourth-order valence-electron chi connectivity index (χ4n) is 2.28. The van der Waals surface area contributed by atoms with Crippen LogP contribution in [-0.2, 0) is 6.54 Å². The van der Waals surface area contributed by atoms with Crippen molar-refractivity contribution < 1.29 is 9.47 Å².